The van der Waals surface area contributed by atoms with Gasteiger partial charge in [-0.2, -0.15) is 4.72 Å². The van der Waals surface area contributed by atoms with Crippen LogP contribution in [-0.2, 0) is 21.4 Å². The van der Waals surface area contributed by atoms with Gasteiger partial charge in [0.25, 0.3) is 0 Å². The average molecular weight is 363 g/mol. The quantitative estimate of drug-likeness (QED) is 0.672. The van der Waals surface area contributed by atoms with E-state index in [1.165, 1.54) is 0 Å². The lowest BCUT2D eigenvalue weighted by Gasteiger charge is -2.20. The Balaban J connectivity index is 2.10. The summed E-state index contributed by atoms with van der Waals surface area (Å²) < 4.78 is 27.7. The van der Waals surface area contributed by atoms with Crippen LogP contribution in [0.1, 0.15) is 31.5 Å². The number of carbonyl (C=O) groups excluding carboxylic acids is 1. The van der Waals surface area contributed by atoms with Crippen molar-refractivity contribution in [2.24, 2.45) is 5.92 Å². The lowest BCUT2D eigenvalue weighted by atomic mass is 10.0. The Labute approximate surface area is 149 Å². The summed E-state index contributed by atoms with van der Waals surface area (Å²) in [4.78, 5) is 15.6. The average Bonchev–Trinajstić information content (AvgIpc) is 3.05. The summed E-state index contributed by atoms with van der Waals surface area (Å²) in [5, 5.41) is 2.78. The van der Waals surface area contributed by atoms with E-state index >= 15 is 0 Å². The second-order valence-electron chi connectivity index (χ2n) is 6.53. The van der Waals surface area contributed by atoms with Crippen molar-refractivity contribution in [1.82, 2.24) is 15.0 Å². The van der Waals surface area contributed by atoms with Gasteiger partial charge < -0.3 is 10.3 Å². The summed E-state index contributed by atoms with van der Waals surface area (Å²) >= 11 is 0. The molecule has 1 unspecified atom stereocenters. The Kier molecular flexibility index (Phi) is 6.39. The highest BCUT2D eigenvalue weighted by Crippen LogP contribution is 2.13. The van der Waals surface area contributed by atoms with Crippen LogP contribution in [0.25, 0.3) is 0 Å². The number of rotatable bonds is 8. The smallest absolute Gasteiger partial charge is 0.241 e. The van der Waals surface area contributed by atoms with E-state index < -0.39 is 16.1 Å². The second kappa shape index (κ2) is 8.31. The molecule has 7 heteroatoms. The van der Waals surface area contributed by atoms with Gasteiger partial charge in [0.15, 0.2) is 0 Å². The standard InChI is InChI=1S/C18H25N3O3S/c1-13(2)11-17(18(22)20-12-15-5-4-10-19-15)21-25(23,24)16-8-6-14(3)7-9-16/h4-10,13,17,19,21H,11-12H2,1-3H3,(H,20,22). The maximum atomic E-state index is 12.6. The van der Waals surface area contributed by atoms with Gasteiger partial charge in [-0.1, -0.05) is 31.5 Å². The summed E-state index contributed by atoms with van der Waals surface area (Å²) in [5.74, 6) is -0.166. The SMILES string of the molecule is Cc1ccc(S(=O)(=O)NC(CC(C)C)C(=O)NCc2ccc[nH]2)cc1. The summed E-state index contributed by atoms with van der Waals surface area (Å²) in [6, 6.07) is 9.43. The molecular formula is C18H25N3O3S. The van der Waals surface area contributed by atoms with Crippen molar-refractivity contribution in [2.75, 3.05) is 0 Å². The van der Waals surface area contributed by atoms with Gasteiger partial charge in [0.1, 0.15) is 6.04 Å². The van der Waals surface area contributed by atoms with Crippen molar-refractivity contribution in [3.63, 3.8) is 0 Å². The fraction of sp³-hybridized carbons (Fsp3) is 0.389. The van der Waals surface area contributed by atoms with E-state index in [2.05, 4.69) is 15.0 Å². The largest absolute Gasteiger partial charge is 0.364 e. The molecule has 1 aromatic heterocycles. The Morgan fingerprint density at radius 1 is 1.16 bits per heavy atom. The fourth-order valence-electron chi connectivity index (χ4n) is 2.44. The molecule has 2 rings (SSSR count). The fourth-order valence-corrected chi connectivity index (χ4v) is 3.64. The first-order chi connectivity index (χ1) is 11.8. The molecule has 1 atom stereocenters. The number of hydrogen-bond acceptors (Lipinski definition) is 3. The van der Waals surface area contributed by atoms with Crippen LogP contribution in [-0.4, -0.2) is 25.4 Å². The Hall–Kier alpha value is -2.12. The molecule has 6 nitrogen and oxygen atoms in total. The molecule has 0 radical (unpaired) electrons. The van der Waals surface area contributed by atoms with E-state index in [-0.39, 0.29) is 16.7 Å². The Morgan fingerprint density at radius 2 is 1.84 bits per heavy atom. The minimum Gasteiger partial charge on any atom is -0.364 e. The van der Waals surface area contributed by atoms with Crippen molar-refractivity contribution >= 4 is 15.9 Å². The molecule has 0 spiro atoms. The monoisotopic (exact) mass is 363 g/mol. The predicted molar refractivity (Wildman–Crippen MR) is 97.4 cm³/mol. The van der Waals surface area contributed by atoms with Crippen LogP contribution in [0.2, 0.25) is 0 Å². The molecule has 136 valence electrons. The van der Waals surface area contributed by atoms with Crippen molar-refractivity contribution in [1.29, 1.82) is 0 Å². The first-order valence-electron chi connectivity index (χ1n) is 8.27. The van der Waals surface area contributed by atoms with Crippen LogP contribution < -0.4 is 10.0 Å². The highest BCUT2D eigenvalue weighted by Gasteiger charge is 2.26. The number of carbonyl (C=O) groups is 1. The number of H-pyrrole nitrogens is 1. The topological polar surface area (TPSA) is 91.1 Å². The van der Waals surface area contributed by atoms with E-state index in [4.69, 9.17) is 0 Å². The van der Waals surface area contributed by atoms with Crippen molar-refractivity contribution < 1.29 is 13.2 Å². The maximum Gasteiger partial charge on any atom is 0.241 e. The molecule has 0 saturated heterocycles. The third-order valence-electron chi connectivity index (χ3n) is 3.77. The molecule has 0 aliphatic carbocycles. The molecule has 1 heterocycles. The molecule has 1 amide bonds. The molecule has 25 heavy (non-hydrogen) atoms. The summed E-state index contributed by atoms with van der Waals surface area (Å²) in [7, 11) is -3.76. The Bertz CT molecular complexity index is 781. The van der Waals surface area contributed by atoms with Gasteiger partial charge >= 0.3 is 0 Å². The highest BCUT2D eigenvalue weighted by molar-refractivity contribution is 7.89. The molecule has 0 aliphatic rings. The molecule has 0 fully saturated rings. The van der Waals surface area contributed by atoms with Crippen LogP contribution in [0.15, 0.2) is 47.5 Å². The first-order valence-corrected chi connectivity index (χ1v) is 9.75. The van der Waals surface area contributed by atoms with Crippen molar-refractivity contribution in [3.05, 3.63) is 53.9 Å². The molecule has 2 aromatic rings. The van der Waals surface area contributed by atoms with Crippen LogP contribution in [0.3, 0.4) is 0 Å². The second-order valence-corrected chi connectivity index (χ2v) is 8.24. The summed E-state index contributed by atoms with van der Waals surface area (Å²) in [6.07, 6.45) is 2.19. The minimum absolute atomic E-state index is 0.157. The summed E-state index contributed by atoms with van der Waals surface area (Å²) in [5.41, 5.74) is 1.83. The molecular weight excluding hydrogens is 338 g/mol. The van der Waals surface area contributed by atoms with E-state index in [1.54, 1.807) is 30.5 Å². The summed E-state index contributed by atoms with van der Waals surface area (Å²) in [6.45, 7) is 6.11. The first kappa shape index (κ1) is 19.2. The molecule has 1 aromatic carbocycles. The minimum atomic E-state index is -3.76. The van der Waals surface area contributed by atoms with Crippen molar-refractivity contribution in [2.45, 2.75) is 44.7 Å². The third kappa shape index (κ3) is 5.72. The lowest BCUT2D eigenvalue weighted by Crippen LogP contribution is -2.47. The molecule has 0 bridgehead atoms. The van der Waals surface area contributed by atoms with E-state index in [9.17, 15) is 13.2 Å². The highest BCUT2D eigenvalue weighted by atomic mass is 32.2. The van der Waals surface area contributed by atoms with Gasteiger partial charge in [0.2, 0.25) is 15.9 Å². The van der Waals surface area contributed by atoms with E-state index in [0.29, 0.717) is 13.0 Å². The van der Waals surface area contributed by atoms with Gasteiger partial charge in [-0.05, 0) is 43.5 Å². The van der Waals surface area contributed by atoms with Crippen LogP contribution in [0, 0.1) is 12.8 Å². The van der Waals surface area contributed by atoms with Crippen molar-refractivity contribution in [3.8, 4) is 0 Å². The predicted octanol–water partition coefficient (Wildman–Crippen LogP) is 2.33. The molecule has 0 saturated carbocycles. The number of nitrogens with one attached hydrogen (secondary N) is 3. The van der Waals surface area contributed by atoms with Gasteiger partial charge in [-0.25, -0.2) is 8.42 Å². The molecule has 3 N–H and O–H groups in total. The third-order valence-corrected chi connectivity index (χ3v) is 5.26. The zero-order valence-electron chi connectivity index (χ0n) is 14.7. The normalized spacial score (nSPS) is 13.0. The van der Waals surface area contributed by atoms with Gasteiger partial charge in [0, 0.05) is 11.9 Å². The number of aryl methyl sites for hydroxylation is 1. The van der Waals surface area contributed by atoms with E-state index in [0.717, 1.165) is 11.3 Å². The number of amides is 1. The molecule has 0 aliphatic heterocycles. The zero-order valence-corrected chi connectivity index (χ0v) is 15.6. The van der Waals surface area contributed by atoms with Crippen LogP contribution >= 0.6 is 0 Å². The van der Waals surface area contributed by atoms with Gasteiger partial charge in [-0.3, -0.25) is 4.79 Å². The number of sulfonamides is 1. The number of aromatic amines is 1. The van der Waals surface area contributed by atoms with E-state index in [1.807, 2.05) is 32.9 Å². The Morgan fingerprint density at radius 3 is 2.40 bits per heavy atom. The van der Waals surface area contributed by atoms with Crippen LogP contribution in [0.4, 0.5) is 0 Å². The van der Waals surface area contributed by atoms with Gasteiger partial charge in [-0.15, -0.1) is 0 Å². The maximum absolute atomic E-state index is 12.6. The van der Waals surface area contributed by atoms with Crippen LogP contribution in [0.5, 0.6) is 0 Å². The number of hydrogen-bond donors (Lipinski definition) is 3. The zero-order chi connectivity index (χ0) is 18.4. The number of aromatic nitrogens is 1. The lowest BCUT2D eigenvalue weighted by molar-refractivity contribution is -0.123. The van der Waals surface area contributed by atoms with Gasteiger partial charge in [0.05, 0.1) is 11.4 Å². The number of benzene rings is 1.